The summed E-state index contributed by atoms with van der Waals surface area (Å²) in [5.41, 5.74) is -6.87. The van der Waals surface area contributed by atoms with Crippen LogP contribution in [0.1, 0.15) is 48.0 Å². The van der Waals surface area contributed by atoms with Gasteiger partial charge in [-0.15, -0.1) is 13.2 Å². The molecule has 20 heteroatoms. The van der Waals surface area contributed by atoms with Gasteiger partial charge >= 0.3 is 24.6 Å². The Morgan fingerprint density at radius 3 is 2.18 bits per heavy atom. The van der Waals surface area contributed by atoms with Crippen LogP contribution in [0.2, 0.25) is 0 Å². The van der Waals surface area contributed by atoms with Crippen molar-refractivity contribution in [3.8, 4) is 11.6 Å². The molecule has 1 aromatic heterocycles. The molecule has 1 amide bonds. The van der Waals surface area contributed by atoms with E-state index in [2.05, 4.69) is 19.8 Å². The molecule has 0 radical (unpaired) electrons. The number of halogens is 8. The molecule has 3 rings (SSSR count). The van der Waals surface area contributed by atoms with Crippen LogP contribution in [-0.4, -0.2) is 59.6 Å². The highest BCUT2D eigenvalue weighted by atomic mass is 19.4. The number of aromatic nitrogens is 1. The molecule has 0 aliphatic rings. The summed E-state index contributed by atoms with van der Waals surface area (Å²) in [5.74, 6) is -6.45. The Kier molecular flexibility index (Phi) is 11.7. The van der Waals surface area contributed by atoms with Gasteiger partial charge in [0.2, 0.25) is 5.88 Å². The van der Waals surface area contributed by atoms with Crippen molar-refractivity contribution in [1.82, 2.24) is 9.88 Å². The molecule has 12 nitrogen and oxygen atoms in total. The van der Waals surface area contributed by atoms with Gasteiger partial charge in [0, 0.05) is 36.3 Å². The first-order valence-corrected chi connectivity index (χ1v) is 14.0. The molecule has 272 valence electrons. The zero-order valence-electron chi connectivity index (χ0n) is 26.7. The number of carbonyl (C=O) groups excluding carboxylic acids is 2. The molecule has 2 aromatic carbocycles. The van der Waals surface area contributed by atoms with E-state index in [9.17, 15) is 50.4 Å². The van der Waals surface area contributed by atoms with Gasteiger partial charge in [0.1, 0.15) is 17.1 Å². The van der Waals surface area contributed by atoms with Gasteiger partial charge in [-0.1, -0.05) is 0 Å². The summed E-state index contributed by atoms with van der Waals surface area (Å²) in [6.07, 6.45) is -12.3. The number of pyridine rings is 1. The molecule has 1 heterocycles. The van der Waals surface area contributed by atoms with Crippen LogP contribution in [0.5, 0.6) is 11.6 Å². The summed E-state index contributed by atoms with van der Waals surface area (Å²) in [4.78, 5) is 41.3. The molecule has 50 heavy (non-hydrogen) atoms. The number of alkyl halides is 6. The summed E-state index contributed by atoms with van der Waals surface area (Å²) in [5, 5.41) is 13.9. The van der Waals surface area contributed by atoms with Crippen LogP contribution in [0.4, 0.5) is 57.0 Å². The predicted molar refractivity (Wildman–Crippen MR) is 157 cm³/mol. The predicted octanol–water partition coefficient (Wildman–Crippen LogP) is 7.70. The first-order valence-electron chi connectivity index (χ1n) is 14.0. The van der Waals surface area contributed by atoms with Gasteiger partial charge in [0.05, 0.1) is 42.5 Å². The fraction of sp³-hybridized carbons (Fsp3) is 0.367. The number of esters is 1. The largest absolute Gasteiger partial charge is 0.573 e. The fourth-order valence-electron chi connectivity index (χ4n) is 4.32. The van der Waals surface area contributed by atoms with Gasteiger partial charge in [-0.2, -0.15) is 13.2 Å². The average molecular weight is 725 g/mol. The second kappa shape index (κ2) is 15.0. The van der Waals surface area contributed by atoms with E-state index in [1.54, 1.807) is 0 Å². The Labute approximate surface area is 278 Å². The standard InChI is InChI=1S/C30H28F8N4O8/c1-28(2,3)50-27(44)41(11-10-20-22(42(45)46)7-9-24(40-20)47-4)14-16-19(6-8-23(25(16)32)49-30(36,37)38)39-21-13-17(29(33,34)35)18(31)12-15(21)26(43)48-5/h6-9,12-13,39H,10-11,14H2,1-5H3. The number of hydrogen-bond acceptors (Lipinski definition) is 10. The number of ether oxygens (including phenoxy) is 4. The number of benzene rings is 2. The number of rotatable bonds is 11. The molecular formula is C30H28F8N4O8. The van der Waals surface area contributed by atoms with Crippen molar-refractivity contribution >= 4 is 29.1 Å². The fourth-order valence-corrected chi connectivity index (χ4v) is 4.32. The van der Waals surface area contributed by atoms with Gasteiger partial charge in [-0.05, 0) is 45.0 Å². The number of carbonyl (C=O) groups is 2. The van der Waals surface area contributed by atoms with Crippen molar-refractivity contribution in [2.24, 2.45) is 0 Å². The Hall–Kier alpha value is -5.43. The van der Waals surface area contributed by atoms with Crippen LogP contribution in [0.25, 0.3) is 0 Å². The van der Waals surface area contributed by atoms with E-state index in [0.717, 1.165) is 24.1 Å². The quantitative estimate of drug-likeness (QED) is 0.0905. The minimum Gasteiger partial charge on any atom is -0.481 e. The molecule has 0 saturated carbocycles. The maximum Gasteiger partial charge on any atom is 0.573 e. The van der Waals surface area contributed by atoms with Crippen LogP contribution < -0.4 is 14.8 Å². The number of nitrogens with one attached hydrogen (secondary N) is 1. The lowest BCUT2D eigenvalue weighted by Crippen LogP contribution is -2.38. The molecule has 1 N–H and O–H groups in total. The molecule has 0 saturated heterocycles. The summed E-state index contributed by atoms with van der Waals surface area (Å²) in [7, 11) is 2.05. The zero-order valence-corrected chi connectivity index (χ0v) is 26.7. The second-order valence-corrected chi connectivity index (χ2v) is 11.2. The van der Waals surface area contributed by atoms with Gasteiger partial charge < -0.3 is 29.2 Å². The normalized spacial score (nSPS) is 11.9. The van der Waals surface area contributed by atoms with Crippen molar-refractivity contribution in [3.63, 3.8) is 0 Å². The number of hydrogen-bond donors (Lipinski definition) is 1. The Balaban J connectivity index is 2.22. The highest BCUT2D eigenvalue weighted by Crippen LogP contribution is 2.38. The van der Waals surface area contributed by atoms with Crippen molar-refractivity contribution < 1.29 is 68.6 Å². The monoisotopic (exact) mass is 724 g/mol. The topological polar surface area (TPSA) is 142 Å². The third-order valence-electron chi connectivity index (χ3n) is 6.47. The van der Waals surface area contributed by atoms with Gasteiger partial charge in [-0.25, -0.2) is 23.4 Å². The third kappa shape index (κ3) is 10.0. The van der Waals surface area contributed by atoms with E-state index in [0.29, 0.717) is 6.07 Å². The van der Waals surface area contributed by atoms with Crippen molar-refractivity contribution in [3.05, 3.63) is 80.5 Å². The lowest BCUT2D eigenvalue weighted by Gasteiger charge is -2.28. The van der Waals surface area contributed by atoms with Gasteiger partial charge in [-0.3, -0.25) is 10.1 Å². The number of nitro groups is 1. The van der Waals surface area contributed by atoms with Crippen LogP contribution in [-0.2, 0) is 28.6 Å². The van der Waals surface area contributed by atoms with E-state index in [1.165, 1.54) is 33.9 Å². The maximum absolute atomic E-state index is 15.9. The number of amides is 1. The van der Waals surface area contributed by atoms with Gasteiger partial charge in [0.15, 0.2) is 11.6 Å². The Morgan fingerprint density at radius 2 is 1.64 bits per heavy atom. The zero-order chi connectivity index (χ0) is 37.8. The lowest BCUT2D eigenvalue weighted by atomic mass is 10.1. The minimum atomic E-state index is -5.43. The minimum absolute atomic E-state index is 0.0529. The van der Waals surface area contributed by atoms with E-state index in [4.69, 9.17) is 9.47 Å². The molecule has 0 spiro atoms. The Morgan fingerprint density at radius 1 is 0.980 bits per heavy atom. The van der Waals surface area contributed by atoms with Crippen molar-refractivity contribution in [2.45, 2.75) is 51.9 Å². The first-order chi connectivity index (χ1) is 23.0. The van der Waals surface area contributed by atoms with Crippen molar-refractivity contribution in [1.29, 1.82) is 0 Å². The first kappa shape index (κ1) is 39.0. The van der Waals surface area contributed by atoms with Crippen LogP contribution in [0, 0.1) is 21.7 Å². The Bertz CT molecular complexity index is 1760. The maximum atomic E-state index is 15.9. The molecular weight excluding hydrogens is 696 g/mol. The number of nitrogens with zero attached hydrogens (tertiary/aromatic N) is 3. The van der Waals surface area contributed by atoms with E-state index >= 15 is 4.39 Å². The summed E-state index contributed by atoms with van der Waals surface area (Å²) in [6.45, 7) is 2.79. The van der Waals surface area contributed by atoms with Gasteiger partial charge in [0.25, 0.3) is 5.69 Å². The molecule has 0 fully saturated rings. The smallest absolute Gasteiger partial charge is 0.481 e. The van der Waals surface area contributed by atoms with Crippen LogP contribution in [0.15, 0.2) is 36.4 Å². The molecule has 0 unspecified atom stereocenters. The highest BCUT2D eigenvalue weighted by molar-refractivity contribution is 5.97. The SMILES string of the molecule is COC(=O)c1cc(F)c(C(F)(F)F)cc1Nc1ccc(OC(F)(F)F)c(F)c1CN(CCc1nc(OC)ccc1[N+](=O)[O-])C(=O)OC(C)(C)C. The molecule has 0 atom stereocenters. The summed E-state index contributed by atoms with van der Waals surface area (Å²) < 4.78 is 129. The van der Waals surface area contributed by atoms with E-state index < -0.39 is 106 Å². The summed E-state index contributed by atoms with van der Waals surface area (Å²) in [6, 6.07) is 3.79. The third-order valence-corrected chi connectivity index (χ3v) is 6.47. The molecule has 0 aliphatic heterocycles. The van der Waals surface area contributed by atoms with Crippen LogP contribution >= 0.6 is 0 Å². The number of anilines is 2. The van der Waals surface area contributed by atoms with Crippen molar-refractivity contribution in [2.75, 3.05) is 26.1 Å². The number of methoxy groups -OCH3 is 2. The van der Waals surface area contributed by atoms with Crippen LogP contribution in [0.3, 0.4) is 0 Å². The molecule has 3 aromatic rings. The molecule has 0 bridgehead atoms. The summed E-state index contributed by atoms with van der Waals surface area (Å²) >= 11 is 0. The average Bonchev–Trinajstić information content (AvgIpc) is 2.99. The van der Waals surface area contributed by atoms with E-state index in [1.807, 2.05) is 0 Å². The highest BCUT2D eigenvalue weighted by Gasteiger charge is 2.37. The second-order valence-electron chi connectivity index (χ2n) is 11.2. The van der Waals surface area contributed by atoms with E-state index in [-0.39, 0.29) is 23.7 Å². The molecule has 0 aliphatic carbocycles. The lowest BCUT2D eigenvalue weighted by molar-refractivity contribution is -0.386.